The largest absolute Gasteiger partial charge is 0.356 e. The van der Waals surface area contributed by atoms with Gasteiger partial charge in [0.25, 0.3) is 0 Å². The van der Waals surface area contributed by atoms with Gasteiger partial charge in [-0.05, 0) is 49.4 Å². The number of carbonyl (C=O) groups excluding carboxylic acids is 1. The van der Waals surface area contributed by atoms with Crippen molar-refractivity contribution in [1.29, 1.82) is 0 Å². The minimum atomic E-state index is -3.48. The normalized spacial score (nSPS) is 15.8. The molecule has 0 bridgehead atoms. The quantitative estimate of drug-likeness (QED) is 0.765. The van der Waals surface area contributed by atoms with Crippen molar-refractivity contribution in [3.63, 3.8) is 0 Å². The SMILES string of the molecule is CS(=O)(=O)N(CCCC(=O)NCC1CCCCC1)c1ccc(F)cc1. The van der Waals surface area contributed by atoms with Crippen LogP contribution in [0.15, 0.2) is 24.3 Å². The second-order valence-corrected chi connectivity index (χ2v) is 8.63. The van der Waals surface area contributed by atoms with Crippen LogP contribution in [0, 0.1) is 11.7 Å². The Balaban J connectivity index is 1.80. The van der Waals surface area contributed by atoms with Gasteiger partial charge in [-0.15, -0.1) is 0 Å². The average molecular weight is 370 g/mol. The van der Waals surface area contributed by atoms with E-state index in [-0.39, 0.29) is 18.9 Å². The molecule has 0 heterocycles. The van der Waals surface area contributed by atoms with Gasteiger partial charge < -0.3 is 5.32 Å². The summed E-state index contributed by atoms with van der Waals surface area (Å²) >= 11 is 0. The van der Waals surface area contributed by atoms with E-state index >= 15 is 0 Å². The number of nitrogens with one attached hydrogen (secondary N) is 1. The van der Waals surface area contributed by atoms with Crippen molar-refractivity contribution < 1.29 is 17.6 Å². The van der Waals surface area contributed by atoms with Crippen LogP contribution in [0.5, 0.6) is 0 Å². The van der Waals surface area contributed by atoms with Crippen molar-refractivity contribution in [2.75, 3.05) is 23.7 Å². The number of amides is 1. The molecule has 5 nitrogen and oxygen atoms in total. The third-order valence-electron chi connectivity index (χ3n) is 4.59. The third-order valence-corrected chi connectivity index (χ3v) is 5.79. The molecule has 25 heavy (non-hydrogen) atoms. The van der Waals surface area contributed by atoms with Crippen LogP contribution < -0.4 is 9.62 Å². The number of halogens is 1. The second kappa shape index (κ2) is 9.17. The van der Waals surface area contributed by atoms with Crippen molar-refractivity contribution in [2.45, 2.75) is 44.9 Å². The van der Waals surface area contributed by atoms with Gasteiger partial charge in [0.15, 0.2) is 0 Å². The summed E-state index contributed by atoms with van der Waals surface area (Å²) in [6.45, 7) is 0.911. The molecule has 1 aromatic carbocycles. The summed E-state index contributed by atoms with van der Waals surface area (Å²) in [6, 6.07) is 5.31. The molecule has 2 rings (SSSR count). The molecule has 1 aliphatic carbocycles. The first-order valence-electron chi connectivity index (χ1n) is 8.86. The van der Waals surface area contributed by atoms with Gasteiger partial charge in [-0.25, -0.2) is 12.8 Å². The molecular formula is C18H27FN2O3S. The van der Waals surface area contributed by atoms with Crippen LogP contribution in [-0.2, 0) is 14.8 Å². The van der Waals surface area contributed by atoms with Crippen molar-refractivity contribution in [1.82, 2.24) is 5.32 Å². The Bertz CT molecular complexity index is 655. The predicted octanol–water partition coefficient (Wildman–Crippen LogP) is 3.07. The fourth-order valence-electron chi connectivity index (χ4n) is 3.21. The zero-order valence-corrected chi connectivity index (χ0v) is 15.5. The summed E-state index contributed by atoms with van der Waals surface area (Å²) in [5, 5.41) is 2.96. The molecule has 1 aliphatic rings. The smallest absolute Gasteiger partial charge is 0.232 e. The fourth-order valence-corrected chi connectivity index (χ4v) is 4.18. The molecule has 0 saturated heterocycles. The van der Waals surface area contributed by atoms with Gasteiger partial charge in [0.05, 0.1) is 11.9 Å². The monoisotopic (exact) mass is 370 g/mol. The van der Waals surface area contributed by atoms with Crippen LogP contribution in [0.4, 0.5) is 10.1 Å². The second-order valence-electron chi connectivity index (χ2n) is 6.72. The highest BCUT2D eigenvalue weighted by atomic mass is 32.2. The Kier molecular flexibility index (Phi) is 7.23. The van der Waals surface area contributed by atoms with Gasteiger partial charge in [0.1, 0.15) is 5.82 Å². The summed E-state index contributed by atoms with van der Waals surface area (Å²) in [6.07, 6.45) is 7.91. The molecule has 0 unspecified atom stereocenters. The highest BCUT2D eigenvalue weighted by Crippen LogP contribution is 2.23. The van der Waals surface area contributed by atoms with Gasteiger partial charge in [-0.2, -0.15) is 0 Å². The van der Waals surface area contributed by atoms with Crippen molar-refractivity contribution >= 4 is 21.6 Å². The van der Waals surface area contributed by atoms with Gasteiger partial charge in [0.2, 0.25) is 15.9 Å². The maximum atomic E-state index is 13.0. The lowest BCUT2D eigenvalue weighted by molar-refractivity contribution is -0.121. The molecule has 140 valence electrons. The lowest BCUT2D eigenvalue weighted by Gasteiger charge is -2.23. The lowest BCUT2D eigenvalue weighted by atomic mass is 9.89. The maximum Gasteiger partial charge on any atom is 0.232 e. The number of carbonyl (C=O) groups is 1. The molecule has 0 spiro atoms. The highest BCUT2D eigenvalue weighted by molar-refractivity contribution is 7.92. The van der Waals surface area contributed by atoms with E-state index in [0.717, 1.165) is 6.26 Å². The average Bonchev–Trinajstić information content (AvgIpc) is 2.58. The van der Waals surface area contributed by atoms with E-state index in [2.05, 4.69) is 5.32 Å². The Hall–Kier alpha value is -1.63. The molecule has 0 atom stereocenters. The van der Waals surface area contributed by atoms with Crippen LogP contribution >= 0.6 is 0 Å². The van der Waals surface area contributed by atoms with E-state index < -0.39 is 15.8 Å². The molecule has 1 aromatic rings. The molecule has 7 heteroatoms. The summed E-state index contributed by atoms with van der Waals surface area (Å²) < 4.78 is 38.1. The summed E-state index contributed by atoms with van der Waals surface area (Å²) in [4.78, 5) is 12.0. The highest BCUT2D eigenvalue weighted by Gasteiger charge is 2.18. The third kappa shape index (κ3) is 6.65. The van der Waals surface area contributed by atoms with Crippen molar-refractivity contribution in [2.24, 2.45) is 5.92 Å². The number of benzene rings is 1. The zero-order chi connectivity index (χ0) is 18.3. The van der Waals surface area contributed by atoms with Crippen LogP contribution in [0.1, 0.15) is 44.9 Å². The first kappa shape index (κ1) is 19.7. The Labute approximate surface area is 149 Å². The summed E-state index contributed by atoms with van der Waals surface area (Å²) in [5.41, 5.74) is 0.409. The summed E-state index contributed by atoms with van der Waals surface area (Å²) in [7, 11) is -3.48. The Morgan fingerprint density at radius 2 is 1.84 bits per heavy atom. The van der Waals surface area contributed by atoms with Crippen molar-refractivity contribution in [3.05, 3.63) is 30.1 Å². The van der Waals surface area contributed by atoms with Crippen LogP contribution in [0.3, 0.4) is 0 Å². The van der Waals surface area contributed by atoms with Crippen LogP contribution in [-0.4, -0.2) is 33.7 Å². The number of hydrogen-bond acceptors (Lipinski definition) is 3. The molecule has 1 fully saturated rings. The van der Waals surface area contributed by atoms with E-state index in [4.69, 9.17) is 0 Å². The molecule has 1 N–H and O–H groups in total. The minimum absolute atomic E-state index is 0.0434. The van der Waals surface area contributed by atoms with E-state index in [1.165, 1.54) is 60.7 Å². The number of rotatable bonds is 8. The summed E-state index contributed by atoms with van der Waals surface area (Å²) in [5.74, 6) is 0.113. The van der Waals surface area contributed by atoms with Gasteiger partial charge in [0, 0.05) is 19.5 Å². The van der Waals surface area contributed by atoms with E-state index in [1.807, 2.05) is 0 Å². The Morgan fingerprint density at radius 1 is 1.20 bits per heavy atom. The van der Waals surface area contributed by atoms with E-state index in [9.17, 15) is 17.6 Å². The van der Waals surface area contributed by atoms with Crippen LogP contribution in [0.25, 0.3) is 0 Å². The number of hydrogen-bond donors (Lipinski definition) is 1. The molecule has 0 aromatic heterocycles. The first-order valence-corrected chi connectivity index (χ1v) is 10.7. The fraction of sp³-hybridized carbons (Fsp3) is 0.611. The van der Waals surface area contributed by atoms with Crippen molar-refractivity contribution in [3.8, 4) is 0 Å². The maximum absolute atomic E-state index is 13.0. The standard InChI is InChI=1S/C18H27FN2O3S/c1-25(23,24)21(17-11-9-16(19)10-12-17)13-5-8-18(22)20-14-15-6-3-2-4-7-15/h9-12,15H,2-8,13-14H2,1H3,(H,20,22). The van der Waals surface area contributed by atoms with E-state index in [0.29, 0.717) is 24.6 Å². The predicted molar refractivity (Wildman–Crippen MR) is 97.4 cm³/mol. The Morgan fingerprint density at radius 3 is 2.44 bits per heavy atom. The van der Waals surface area contributed by atoms with Crippen LogP contribution in [0.2, 0.25) is 0 Å². The van der Waals surface area contributed by atoms with Gasteiger partial charge in [-0.3, -0.25) is 9.10 Å². The first-order chi connectivity index (χ1) is 11.9. The molecule has 1 amide bonds. The molecule has 1 saturated carbocycles. The number of sulfonamides is 1. The minimum Gasteiger partial charge on any atom is -0.356 e. The molecule has 0 aliphatic heterocycles. The number of anilines is 1. The van der Waals surface area contributed by atoms with Gasteiger partial charge >= 0.3 is 0 Å². The van der Waals surface area contributed by atoms with Gasteiger partial charge in [-0.1, -0.05) is 19.3 Å². The topological polar surface area (TPSA) is 66.5 Å². The zero-order valence-electron chi connectivity index (χ0n) is 14.7. The molecular weight excluding hydrogens is 343 g/mol. The lowest BCUT2D eigenvalue weighted by Crippen LogP contribution is -2.33. The molecule has 0 radical (unpaired) electrons. The number of nitrogens with zero attached hydrogens (tertiary/aromatic N) is 1. The van der Waals surface area contributed by atoms with E-state index in [1.54, 1.807) is 0 Å².